The van der Waals surface area contributed by atoms with Crippen LogP contribution in [0.25, 0.3) is 11.0 Å². The van der Waals surface area contributed by atoms with Crippen LogP contribution >= 0.6 is 0 Å². The number of hydrogen-bond donors (Lipinski definition) is 2. The second-order valence-corrected chi connectivity index (χ2v) is 5.16. The minimum Gasteiger partial charge on any atom is -0.481 e. The molecule has 0 spiro atoms. The first-order valence-electron chi connectivity index (χ1n) is 6.69. The average Bonchev–Trinajstić information content (AvgIpc) is 2.72. The Balaban J connectivity index is 2.55. The van der Waals surface area contributed by atoms with E-state index in [4.69, 9.17) is 19.9 Å². The van der Waals surface area contributed by atoms with E-state index in [0.717, 1.165) is 16.7 Å². The molecule has 114 valence electrons. The van der Waals surface area contributed by atoms with Crippen molar-refractivity contribution in [1.29, 1.82) is 5.26 Å². The van der Waals surface area contributed by atoms with Crippen LogP contribution in [-0.4, -0.2) is 22.2 Å². The molecule has 1 heterocycles. The maximum atomic E-state index is 11.2. The lowest BCUT2D eigenvalue weighted by Crippen LogP contribution is -2.29. The first-order chi connectivity index (χ1) is 10.4. The van der Waals surface area contributed by atoms with Gasteiger partial charge in [-0.1, -0.05) is 12.1 Å². The smallest absolute Gasteiger partial charge is 0.318 e. The molecule has 1 atom stereocenters. The van der Waals surface area contributed by atoms with Crippen molar-refractivity contribution < 1.29 is 24.2 Å². The Labute approximate surface area is 126 Å². The SMILES string of the molecule is Cc1oc2cc(C(CC#N)C(C(=O)O)C(=O)O)ccc2c1C. The summed E-state index contributed by atoms with van der Waals surface area (Å²) in [7, 11) is 0. The van der Waals surface area contributed by atoms with Gasteiger partial charge >= 0.3 is 11.9 Å². The molecule has 0 radical (unpaired) electrons. The number of furan rings is 1. The lowest BCUT2D eigenvalue weighted by Gasteiger charge is -2.18. The maximum Gasteiger partial charge on any atom is 0.318 e. The summed E-state index contributed by atoms with van der Waals surface area (Å²) < 4.78 is 5.59. The molecule has 1 aromatic heterocycles. The molecule has 22 heavy (non-hydrogen) atoms. The number of hydrogen-bond acceptors (Lipinski definition) is 4. The van der Waals surface area contributed by atoms with Gasteiger partial charge in [0.2, 0.25) is 0 Å². The first-order valence-corrected chi connectivity index (χ1v) is 6.69. The van der Waals surface area contributed by atoms with Crippen LogP contribution < -0.4 is 0 Å². The molecule has 2 N–H and O–H groups in total. The molecule has 2 aromatic rings. The largest absolute Gasteiger partial charge is 0.481 e. The van der Waals surface area contributed by atoms with Gasteiger partial charge in [0.1, 0.15) is 11.3 Å². The zero-order valence-electron chi connectivity index (χ0n) is 12.2. The Kier molecular flexibility index (Phi) is 4.18. The van der Waals surface area contributed by atoms with E-state index in [-0.39, 0.29) is 6.42 Å². The monoisotopic (exact) mass is 301 g/mol. The molecule has 0 aliphatic carbocycles. The fourth-order valence-electron chi connectivity index (χ4n) is 2.57. The fourth-order valence-corrected chi connectivity index (χ4v) is 2.57. The van der Waals surface area contributed by atoms with Gasteiger partial charge in [-0.3, -0.25) is 9.59 Å². The zero-order valence-corrected chi connectivity index (χ0v) is 12.2. The molecule has 2 rings (SSSR count). The summed E-state index contributed by atoms with van der Waals surface area (Å²) in [4.78, 5) is 22.5. The molecular weight excluding hydrogens is 286 g/mol. The number of carboxylic acids is 2. The van der Waals surface area contributed by atoms with Crippen molar-refractivity contribution in [2.45, 2.75) is 26.2 Å². The Morgan fingerprint density at radius 3 is 2.45 bits per heavy atom. The lowest BCUT2D eigenvalue weighted by atomic mass is 9.83. The van der Waals surface area contributed by atoms with Gasteiger partial charge in [0, 0.05) is 17.7 Å². The zero-order chi connectivity index (χ0) is 16.4. The van der Waals surface area contributed by atoms with Crippen LogP contribution in [0.3, 0.4) is 0 Å². The van der Waals surface area contributed by atoms with Crippen LogP contribution in [0.1, 0.15) is 29.2 Å². The van der Waals surface area contributed by atoms with E-state index in [1.165, 1.54) is 0 Å². The predicted octanol–water partition coefficient (Wildman–Crippen LogP) is 2.83. The van der Waals surface area contributed by atoms with Crippen LogP contribution in [0, 0.1) is 31.1 Å². The molecule has 6 nitrogen and oxygen atoms in total. The maximum absolute atomic E-state index is 11.2. The number of carboxylic acid groups (broad SMARTS) is 2. The van der Waals surface area contributed by atoms with Crippen molar-refractivity contribution in [3.05, 3.63) is 35.1 Å². The van der Waals surface area contributed by atoms with Gasteiger partial charge < -0.3 is 14.6 Å². The highest BCUT2D eigenvalue weighted by Crippen LogP contribution is 2.33. The number of carbonyl (C=O) groups is 2. The standard InChI is InChI=1S/C16H15NO5/c1-8-9(2)22-13-7-10(3-4-11(8)13)12(5-6-17)14(15(18)19)16(20)21/h3-4,7,12,14H,5H2,1-2H3,(H,18,19)(H,20,21). The fraction of sp³-hybridized carbons (Fsp3) is 0.312. The third-order valence-electron chi connectivity index (χ3n) is 3.87. The summed E-state index contributed by atoms with van der Waals surface area (Å²) in [5.41, 5.74) is 2.01. The molecular formula is C16H15NO5. The number of fused-ring (bicyclic) bond motifs is 1. The summed E-state index contributed by atoms with van der Waals surface area (Å²) >= 11 is 0. The Morgan fingerprint density at radius 2 is 1.91 bits per heavy atom. The molecule has 0 aliphatic rings. The van der Waals surface area contributed by atoms with Crippen LogP contribution in [-0.2, 0) is 9.59 Å². The summed E-state index contributed by atoms with van der Waals surface area (Å²) in [5, 5.41) is 28.1. The van der Waals surface area contributed by atoms with Gasteiger partial charge in [-0.25, -0.2) is 0 Å². The molecule has 0 bridgehead atoms. The van der Waals surface area contributed by atoms with E-state index in [1.54, 1.807) is 18.2 Å². The van der Waals surface area contributed by atoms with Crippen molar-refractivity contribution in [1.82, 2.24) is 0 Å². The van der Waals surface area contributed by atoms with Gasteiger partial charge in [0.15, 0.2) is 5.92 Å². The van der Waals surface area contributed by atoms with Crippen molar-refractivity contribution >= 4 is 22.9 Å². The second-order valence-electron chi connectivity index (χ2n) is 5.16. The Bertz CT molecular complexity index is 770. The first kappa shape index (κ1) is 15.6. The van der Waals surface area contributed by atoms with Gasteiger partial charge in [0.25, 0.3) is 0 Å². The third kappa shape index (κ3) is 2.66. The number of nitriles is 1. The van der Waals surface area contributed by atoms with Crippen LogP contribution in [0.2, 0.25) is 0 Å². The Morgan fingerprint density at radius 1 is 1.27 bits per heavy atom. The van der Waals surface area contributed by atoms with Crippen molar-refractivity contribution in [2.75, 3.05) is 0 Å². The molecule has 6 heteroatoms. The lowest BCUT2D eigenvalue weighted by molar-refractivity contribution is -0.155. The molecule has 1 aromatic carbocycles. The van der Waals surface area contributed by atoms with Gasteiger partial charge in [-0.2, -0.15) is 5.26 Å². The highest BCUT2D eigenvalue weighted by molar-refractivity contribution is 5.94. The summed E-state index contributed by atoms with van der Waals surface area (Å²) in [5.74, 6) is -4.78. The van der Waals surface area contributed by atoms with Crippen LogP contribution in [0.4, 0.5) is 0 Å². The predicted molar refractivity (Wildman–Crippen MR) is 77.4 cm³/mol. The second kappa shape index (κ2) is 5.90. The summed E-state index contributed by atoms with van der Waals surface area (Å²) in [6, 6.07) is 6.91. The molecule has 0 saturated heterocycles. The minimum absolute atomic E-state index is 0.201. The molecule has 0 amide bonds. The van der Waals surface area contributed by atoms with E-state index < -0.39 is 23.8 Å². The summed E-state index contributed by atoms with van der Waals surface area (Å²) in [6.07, 6.45) is -0.201. The van der Waals surface area contributed by atoms with E-state index in [9.17, 15) is 9.59 Å². The molecule has 1 unspecified atom stereocenters. The molecule has 0 aliphatic heterocycles. The van der Waals surface area contributed by atoms with Gasteiger partial charge in [-0.15, -0.1) is 0 Å². The average molecular weight is 301 g/mol. The summed E-state index contributed by atoms with van der Waals surface area (Å²) in [6.45, 7) is 3.73. The van der Waals surface area contributed by atoms with Crippen molar-refractivity contribution in [2.24, 2.45) is 5.92 Å². The van der Waals surface area contributed by atoms with Crippen LogP contribution in [0.15, 0.2) is 22.6 Å². The van der Waals surface area contributed by atoms with E-state index >= 15 is 0 Å². The number of nitrogens with zero attached hydrogens (tertiary/aromatic N) is 1. The van der Waals surface area contributed by atoms with Gasteiger partial charge in [0.05, 0.1) is 6.07 Å². The number of rotatable bonds is 5. The van der Waals surface area contributed by atoms with Gasteiger partial charge in [-0.05, 0) is 31.0 Å². The number of benzene rings is 1. The molecule has 0 fully saturated rings. The van der Waals surface area contributed by atoms with E-state index in [0.29, 0.717) is 11.1 Å². The van der Waals surface area contributed by atoms with Crippen LogP contribution in [0.5, 0.6) is 0 Å². The van der Waals surface area contributed by atoms with E-state index in [1.807, 2.05) is 19.9 Å². The molecule has 0 saturated carbocycles. The van der Waals surface area contributed by atoms with Crippen molar-refractivity contribution in [3.63, 3.8) is 0 Å². The van der Waals surface area contributed by atoms with Crippen molar-refractivity contribution in [3.8, 4) is 6.07 Å². The Hall–Kier alpha value is -2.81. The normalized spacial score (nSPS) is 12.3. The number of aliphatic carboxylic acids is 2. The minimum atomic E-state index is -1.67. The highest BCUT2D eigenvalue weighted by atomic mass is 16.4. The topological polar surface area (TPSA) is 112 Å². The third-order valence-corrected chi connectivity index (χ3v) is 3.87. The van der Waals surface area contributed by atoms with E-state index in [2.05, 4.69) is 0 Å². The quantitative estimate of drug-likeness (QED) is 0.821. The highest BCUT2D eigenvalue weighted by Gasteiger charge is 2.36. The number of aryl methyl sites for hydroxylation is 2.